The molecule has 3 heteroatoms. The lowest BCUT2D eigenvalue weighted by Gasteiger charge is -2.11. The SMILES string of the molecule is Cc1ccc(C(Br)c2ccc(Br)cc2)cc1F. The lowest BCUT2D eigenvalue weighted by Crippen LogP contribution is -1.94. The van der Waals surface area contributed by atoms with Gasteiger partial charge in [0.05, 0.1) is 4.83 Å². The molecule has 0 bridgehead atoms. The van der Waals surface area contributed by atoms with Gasteiger partial charge in [-0.3, -0.25) is 0 Å². The molecule has 88 valence electrons. The molecule has 1 unspecified atom stereocenters. The number of hydrogen-bond donors (Lipinski definition) is 0. The van der Waals surface area contributed by atoms with E-state index >= 15 is 0 Å². The van der Waals surface area contributed by atoms with E-state index in [4.69, 9.17) is 0 Å². The summed E-state index contributed by atoms with van der Waals surface area (Å²) in [5, 5.41) is 0. The Balaban J connectivity index is 2.33. The van der Waals surface area contributed by atoms with Crippen LogP contribution in [0.15, 0.2) is 46.9 Å². The second-order valence-corrected chi connectivity index (χ2v) is 5.75. The second kappa shape index (κ2) is 5.32. The van der Waals surface area contributed by atoms with Crippen LogP contribution in [0.25, 0.3) is 0 Å². The Kier molecular flexibility index (Phi) is 4.00. The fraction of sp³-hybridized carbons (Fsp3) is 0.143. The summed E-state index contributed by atoms with van der Waals surface area (Å²) in [4.78, 5) is 0.0192. The summed E-state index contributed by atoms with van der Waals surface area (Å²) in [5.41, 5.74) is 2.70. The first kappa shape index (κ1) is 12.8. The largest absolute Gasteiger partial charge is 0.207 e. The molecule has 17 heavy (non-hydrogen) atoms. The standard InChI is InChI=1S/C14H11Br2F/c1-9-2-3-11(8-13(9)17)14(16)10-4-6-12(15)7-5-10/h2-8,14H,1H3. The Labute approximate surface area is 117 Å². The average Bonchev–Trinajstić information content (AvgIpc) is 2.33. The minimum atomic E-state index is -0.163. The Morgan fingerprint density at radius 2 is 1.59 bits per heavy atom. The molecule has 0 amide bonds. The summed E-state index contributed by atoms with van der Waals surface area (Å²) < 4.78 is 14.5. The third-order valence-electron chi connectivity index (χ3n) is 2.65. The van der Waals surface area contributed by atoms with Crippen LogP contribution in [-0.4, -0.2) is 0 Å². The first-order valence-corrected chi connectivity index (χ1v) is 6.94. The maximum Gasteiger partial charge on any atom is 0.126 e. The third kappa shape index (κ3) is 2.96. The molecule has 0 aliphatic heterocycles. The predicted molar refractivity (Wildman–Crippen MR) is 76.0 cm³/mol. The topological polar surface area (TPSA) is 0 Å². The first-order chi connectivity index (χ1) is 8.08. The van der Waals surface area contributed by atoms with Crippen molar-refractivity contribution in [2.24, 2.45) is 0 Å². The fourth-order valence-corrected chi connectivity index (χ4v) is 2.45. The highest BCUT2D eigenvalue weighted by atomic mass is 79.9. The van der Waals surface area contributed by atoms with Crippen LogP contribution in [-0.2, 0) is 0 Å². The van der Waals surface area contributed by atoms with Crippen LogP contribution >= 0.6 is 31.9 Å². The molecule has 0 nitrogen and oxygen atoms in total. The van der Waals surface area contributed by atoms with Crippen LogP contribution in [0.1, 0.15) is 21.5 Å². The van der Waals surface area contributed by atoms with Gasteiger partial charge in [0.1, 0.15) is 5.82 Å². The van der Waals surface area contributed by atoms with Crippen molar-refractivity contribution in [3.63, 3.8) is 0 Å². The summed E-state index contributed by atoms with van der Waals surface area (Å²) in [5.74, 6) is -0.163. The van der Waals surface area contributed by atoms with Crippen LogP contribution < -0.4 is 0 Å². The monoisotopic (exact) mass is 356 g/mol. The zero-order valence-corrected chi connectivity index (χ0v) is 12.4. The molecule has 0 fully saturated rings. The molecule has 2 aromatic carbocycles. The van der Waals surface area contributed by atoms with E-state index in [1.807, 2.05) is 30.3 Å². The van der Waals surface area contributed by atoms with Gasteiger partial charge in [-0.05, 0) is 41.8 Å². The Morgan fingerprint density at radius 1 is 1.00 bits per heavy atom. The number of halogens is 3. The highest BCUT2D eigenvalue weighted by Crippen LogP contribution is 2.32. The van der Waals surface area contributed by atoms with Gasteiger partial charge in [-0.25, -0.2) is 4.39 Å². The smallest absolute Gasteiger partial charge is 0.126 e. The van der Waals surface area contributed by atoms with Gasteiger partial charge in [-0.15, -0.1) is 0 Å². The van der Waals surface area contributed by atoms with Crippen LogP contribution in [0.3, 0.4) is 0 Å². The van der Waals surface area contributed by atoms with Gasteiger partial charge in [-0.1, -0.05) is 56.1 Å². The van der Waals surface area contributed by atoms with E-state index < -0.39 is 0 Å². The molecule has 0 heterocycles. The Hall–Kier alpha value is -0.670. The molecular weight excluding hydrogens is 347 g/mol. The number of rotatable bonds is 2. The average molecular weight is 358 g/mol. The number of benzene rings is 2. The number of hydrogen-bond acceptors (Lipinski definition) is 0. The van der Waals surface area contributed by atoms with Crippen molar-refractivity contribution >= 4 is 31.9 Å². The summed E-state index contributed by atoms with van der Waals surface area (Å²) in [6.45, 7) is 1.77. The summed E-state index contributed by atoms with van der Waals surface area (Å²) in [6.07, 6.45) is 0. The van der Waals surface area contributed by atoms with Gasteiger partial charge in [0.25, 0.3) is 0 Å². The van der Waals surface area contributed by atoms with E-state index in [-0.39, 0.29) is 10.6 Å². The van der Waals surface area contributed by atoms with E-state index in [1.165, 1.54) is 0 Å². The zero-order valence-electron chi connectivity index (χ0n) is 9.25. The lowest BCUT2D eigenvalue weighted by atomic mass is 10.0. The second-order valence-electron chi connectivity index (χ2n) is 3.92. The van der Waals surface area contributed by atoms with Crippen molar-refractivity contribution < 1.29 is 4.39 Å². The van der Waals surface area contributed by atoms with Crippen molar-refractivity contribution in [1.29, 1.82) is 0 Å². The van der Waals surface area contributed by atoms with E-state index in [0.29, 0.717) is 5.56 Å². The van der Waals surface area contributed by atoms with Gasteiger partial charge in [0.2, 0.25) is 0 Å². The molecule has 0 N–H and O–H groups in total. The quantitative estimate of drug-likeness (QED) is 0.633. The molecule has 0 aliphatic carbocycles. The van der Waals surface area contributed by atoms with Crippen molar-refractivity contribution in [3.05, 3.63) is 69.4 Å². The summed E-state index contributed by atoms with van der Waals surface area (Å²) in [7, 11) is 0. The van der Waals surface area contributed by atoms with Crippen LogP contribution in [0.4, 0.5) is 4.39 Å². The van der Waals surface area contributed by atoms with E-state index in [1.54, 1.807) is 19.1 Å². The van der Waals surface area contributed by atoms with Crippen molar-refractivity contribution in [1.82, 2.24) is 0 Å². The lowest BCUT2D eigenvalue weighted by molar-refractivity contribution is 0.616. The van der Waals surface area contributed by atoms with Gasteiger partial charge >= 0.3 is 0 Å². The van der Waals surface area contributed by atoms with Crippen molar-refractivity contribution in [3.8, 4) is 0 Å². The highest BCUT2D eigenvalue weighted by molar-refractivity contribution is 9.10. The number of alkyl halides is 1. The van der Waals surface area contributed by atoms with Gasteiger partial charge in [0, 0.05) is 4.47 Å². The normalized spacial score (nSPS) is 12.5. The first-order valence-electron chi connectivity index (χ1n) is 5.23. The molecule has 0 saturated carbocycles. The Morgan fingerprint density at radius 3 is 2.18 bits per heavy atom. The van der Waals surface area contributed by atoms with Gasteiger partial charge in [-0.2, -0.15) is 0 Å². The fourth-order valence-electron chi connectivity index (χ4n) is 1.59. The van der Waals surface area contributed by atoms with Gasteiger partial charge < -0.3 is 0 Å². The molecule has 0 spiro atoms. The maximum absolute atomic E-state index is 13.5. The van der Waals surface area contributed by atoms with E-state index in [9.17, 15) is 4.39 Å². The molecule has 1 atom stereocenters. The molecule has 0 aromatic heterocycles. The highest BCUT2D eigenvalue weighted by Gasteiger charge is 2.11. The minimum Gasteiger partial charge on any atom is -0.207 e. The summed E-state index contributed by atoms with van der Waals surface area (Å²) >= 11 is 6.99. The zero-order chi connectivity index (χ0) is 12.4. The number of aryl methyl sites for hydroxylation is 1. The van der Waals surface area contributed by atoms with Crippen LogP contribution in [0, 0.1) is 12.7 Å². The molecule has 2 aromatic rings. The van der Waals surface area contributed by atoms with E-state index in [0.717, 1.165) is 15.6 Å². The molecule has 2 rings (SSSR count). The maximum atomic E-state index is 13.5. The van der Waals surface area contributed by atoms with Crippen molar-refractivity contribution in [2.45, 2.75) is 11.8 Å². The summed E-state index contributed by atoms with van der Waals surface area (Å²) in [6, 6.07) is 13.3. The molecular formula is C14H11Br2F. The molecule has 0 radical (unpaired) electrons. The Bertz CT molecular complexity index is 520. The van der Waals surface area contributed by atoms with Crippen LogP contribution in [0.5, 0.6) is 0 Å². The third-order valence-corrected chi connectivity index (χ3v) is 4.24. The van der Waals surface area contributed by atoms with Crippen molar-refractivity contribution in [2.75, 3.05) is 0 Å². The molecule has 0 aliphatic rings. The molecule has 0 saturated heterocycles. The minimum absolute atomic E-state index is 0.0192. The predicted octanol–water partition coefficient (Wildman–Crippen LogP) is 5.38. The van der Waals surface area contributed by atoms with Gasteiger partial charge in [0.15, 0.2) is 0 Å². The van der Waals surface area contributed by atoms with Crippen LogP contribution in [0.2, 0.25) is 0 Å². The van der Waals surface area contributed by atoms with E-state index in [2.05, 4.69) is 31.9 Å².